The third-order valence-corrected chi connectivity index (χ3v) is 7.81. The van der Waals surface area contributed by atoms with E-state index in [4.69, 9.17) is 15.5 Å². The Balaban J connectivity index is 1.26. The van der Waals surface area contributed by atoms with E-state index in [9.17, 15) is 4.79 Å². The lowest BCUT2D eigenvalue weighted by molar-refractivity contribution is -0.110. The Morgan fingerprint density at radius 3 is 2.67 bits per heavy atom. The fourth-order valence-electron chi connectivity index (χ4n) is 5.47. The van der Waals surface area contributed by atoms with Crippen LogP contribution in [-0.4, -0.2) is 66.7 Å². The number of hydrogen-bond donors (Lipinski definition) is 2. The smallest absolute Gasteiger partial charge is 0.131 e. The highest BCUT2D eigenvalue weighted by atomic mass is 16.5. The second-order valence-corrected chi connectivity index (χ2v) is 9.94. The Hall–Kier alpha value is -3.91. The molecule has 6 rings (SSSR count). The number of hydrogen-bond acceptors (Lipinski definition) is 7. The van der Waals surface area contributed by atoms with Gasteiger partial charge in [0.15, 0.2) is 0 Å². The molecule has 1 saturated carbocycles. The first-order chi connectivity index (χ1) is 17.5. The van der Waals surface area contributed by atoms with E-state index in [1.165, 1.54) is 0 Å². The number of carbonyl (C=O) groups is 1. The average Bonchev–Trinajstić information content (AvgIpc) is 3.52. The Bertz CT molecular complexity index is 1420. The number of rotatable bonds is 6. The van der Waals surface area contributed by atoms with E-state index in [1.54, 1.807) is 7.11 Å². The molecule has 2 aromatic heterocycles. The van der Waals surface area contributed by atoms with Gasteiger partial charge in [-0.2, -0.15) is 5.10 Å². The van der Waals surface area contributed by atoms with Gasteiger partial charge in [0.1, 0.15) is 23.5 Å². The predicted molar refractivity (Wildman–Crippen MR) is 142 cm³/mol. The fraction of sp³-hybridized carbons (Fsp3) is 0.321. The number of nitrogen functional groups attached to an aromatic ring is 1. The maximum absolute atomic E-state index is 12.3. The monoisotopic (exact) mass is 482 g/mol. The van der Waals surface area contributed by atoms with Crippen LogP contribution >= 0.6 is 0 Å². The van der Waals surface area contributed by atoms with Crippen LogP contribution in [0.15, 0.2) is 54.7 Å². The summed E-state index contributed by atoms with van der Waals surface area (Å²) in [5.41, 5.74) is 11.0. The molecule has 1 aliphatic heterocycles. The molecule has 1 unspecified atom stereocenters. The van der Waals surface area contributed by atoms with Crippen LogP contribution in [0.3, 0.4) is 0 Å². The number of nitrogens with zero attached hydrogens (tertiary/aromatic N) is 4. The van der Waals surface area contributed by atoms with Gasteiger partial charge >= 0.3 is 0 Å². The first-order valence-electron chi connectivity index (χ1n) is 12.3. The van der Waals surface area contributed by atoms with Crippen LogP contribution in [-0.2, 0) is 10.2 Å². The highest BCUT2D eigenvalue weighted by Crippen LogP contribution is 2.61. The molecule has 2 atom stereocenters. The zero-order valence-corrected chi connectivity index (χ0v) is 20.6. The number of benzene rings is 2. The fourth-order valence-corrected chi connectivity index (χ4v) is 5.47. The number of nitrogens with one attached hydrogen (secondary N) is 1. The topological polar surface area (TPSA) is 100 Å². The summed E-state index contributed by atoms with van der Waals surface area (Å²) in [7, 11) is 3.77. The van der Waals surface area contributed by atoms with Crippen molar-refractivity contribution < 1.29 is 9.53 Å². The zero-order valence-electron chi connectivity index (χ0n) is 20.6. The van der Waals surface area contributed by atoms with E-state index in [0.717, 1.165) is 78.0 Å². The van der Waals surface area contributed by atoms with Crippen molar-refractivity contribution in [1.29, 1.82) is 0 Å². The number of piperazine rings is 1. The average molecular weight is 483 g/mol. The summed E-state index contributed by atoms with van der Waals surface area (Å²) in [6.07, 6.45) is 3.66. The summed E-state index contributed by atoms with van der Waals surface area (Å²) in [6, 6.07) is 16.0. The molecule has 0 radical (unpaired) electrons. The number of anilines is 2. The van der Waals surface area contributed by atoms with Gasteiger partial charge in [0, 0.05) is 54.9 Å². The summed E-state index contributed by atoms with van der Waals surface area (Å²) >= 11 is 0. The minimum atomic E-state index is -0.627. The van der Waals surface area contributed by atoms with Gasteiger partial charge in [-0.1, -0.05) is 12.1 Å². The molecule has 4 aromatic rings. The number of fused-ring (bicyclic) bond motifs is 1. The van der Waals surface area contributed by atoms with Crippen molar-refractivity contribution in [2.45, 2.75) is 17.8 Å². The summed E-state index contributed by atoms with van der Waals surface area (Å²) in [4.78, 5) is 21.7. The summed E-state index contributed by atoms with van der Waals surface area (Å²) < 4.78 is 5.37. The van der Waals surface area contributed by atoms with Crippen LogP contribution in [0.25, 0.3) is 22.2 Å². The predicted octanol–water partition coefficient (Wildman–Crippen LogP) is 3.59. The summed E-state index contributed by atoms with van der Waals surface area (Å²) in [5.74, 6) is 1.77. The first-order valence-corrected chi connectivity index (χ1v) is 12.3. The van der Waals surface area contributed by atoms with E-state index < -0.39 is 5.41 Å². The van der Waals surface area contributed by atoms with Crippen molar-refractivity contribution in [1.82, 2.24) is 20.1 Å². The van der Waals surface area contributed by atoms with Crippen LogP contribution in [0.4, 0.5) is 11.5 Å². The molecule has 0 spiro atoms. The Morgan fingerprint density at radius 2 is 1.94 bits per heavy atom. The van der Waals surface area contributed by atoms with E-state index in [1.807, 2.05) is 24.4 Å². The van der Waals surface area contributed by atoms with Crippen molar-refractivity contribution in [2.75, 3.05) is 51.0 Å². The van der Waals surface area contributed by atoms with Gasteiger partial charge in [-0.15, -0.1) is 0 Å². The molecule has 0 amide bonds. The largest absolute Gasteiger partial charge is 0.497 e. The maximum Gasteiger partial charge on any atom is 0.131 e. The maximum atomic E-state index is 12.3. The number of methoxy groups -OCH3 is 1. The van der Waals surface area contributed by atoms with Crippen molar-refractivity contribution >= 4 is 28.7 Å². The molecule has 1 saturated heterocycles. The number of carbonyl (C=O) groups excluding carboxylic acids is 1. The molecule has 8 heteroatoms. The van der Waals surface area contributed by atoms with E-state index in [-0.39, 0.29) is 5.92 Å². The molecule has 2 fully saturated rings. The molecule has 1 aliphatic carbocycles. The minimum absolute atomic E-state index is 0.0603. The lowest BCUT2D eigenvalue weighted by Crippen LogP contribution is -2.44. The van der Waals surface area contributed by atoms with Crippen molar-refractivity contribution in [2.24, 2.45) is 0 Å². The molecule has 3 N–H and O–H groups in total. The first kappa shape index (κ1) is 22.5. The van der Waals surface area contributed by atoms with E-state index in [0.29, 0.717) is 11.4 Å². The molecule has 36 heavy (non-hydrogen) atoms. The van der Waals surface area contributed by atoms with Crippen LogP contribution in [0.5, 0.6) is 5.75 Å². The van der Waals surface area contributed by atoms with Crippen molar-refractivity contribution in [3.05, 3.63) is 65.9 Å². The van der Waals surface area contributed by atoms with Gasteiger partial charge in [-0.25, -0.2) is 4.98 Å². The van der Waals surface area contributed by atoms with Gasteiger partial charge < -0.3 is 25.1 Å². The second kappa shape index (κ2) is 8.64. The second-order valence-electron chi connectivity index (χ2n) is 9.94. The number of pyridine rings is 1. The summed E-state index contributed by atoms with van der Waals surface area (Å²) in [6.45, 7) is 4.07. The Morgan fingerprint density at radius 1 is 1.11 bits per heavy atom. The molecular weight excluding hydrogens is 452 g/mol. The normalized spacial score (nSPS) is 22.1. The van der Waals surface area contributed by atoms with Crippen LogP contribution in [0.1, 0.15) is 23.5 Å². The zero-order chi connectivity index (χ0) is 24.9. The molecule has 184 valence electrons. The van der Waals surface area contributed by atoms with Crippen LogP contribution in [0.2, 0.25) is 0 Å². The minimum Gasteiger partial charge on any atom is -0.497 e. The van der Waals surface area contributed by atoms with Gasteiger partial charge in [-0.05, 0) is 61.0 Å². The third-order valence-electron chi connectivity index (χ3n) is 7.81. The van der Waals surface area contributed by atoms with Gasteiger partial charge in [0.05, 0.1) is 18.0 Å². The molecule has 8 nitrogen and oxygen atoms in total. The highest BCUT2D eigenvalue weighted by molar-refractivity contribution is 5.93. The van der Waals surface area contributed by atoms with E-state index in [2.05, 4.69) is 57.4 Å². The van der Waals surface area contributed by atoms with E-state index >= 15 is 0 Å². The number of likely N-dealkylation sites (N-methyl/N-ethyl adjacent to an activating group) is 1. The van der Waals surface area contributed by atoms with Gasteiger partial charge in [-0.3, -0.25) is 5.10 Å². The lowest BCUT2D eigenvalue weighted by atomic mass is 9.90. The quantitative estimate of drug-likeness (QED) is 0.320. The molecule has 2 aliphatic rings. The Kier molecular flexibility index (Phi) is 5.41. The third kappa shape index (κ3) is 3.69. The number of H-pyrrole nitrogens is 1. The van der Waals surface area contributed by atoms with Gasteiger partial charge in [0.2, 0.25) is 0 Å². The standard InChI is InChI=1S/C28H30N6O2/c1-33-9-11-34(12-10-33)26-8-4-19(16-30-26)27-21-6-3-18(13-25(21)31-32-27)23-15-28(23,17-35)22-14-20(36-2)5-7-24(22)29/h3-8,13-14,16-17,23H,9-12,15,29H2,1-2H3,(H,31,32)/t23?,28-/m0/s1. The number of nitrogens with two attached hydrogens (primary N) is 1. The lowest BCUT2D eigenvalue weighted by Gasteiger charge is -2.33. The van der Waals surface area contributed by atoms with Crippen LogP contribution < -0.4 is 15.4 Å². The molecule has 3 heterocycles. The number of ether oxygens (including phenoxy) is 1. The van der Waals surface area contributed by atoms with Crippen molar-refractivity contribution in [3.63, 3.8) is 0 Å². The SMILES string of the molecule is COc1ccc(N)c([C@@]2(C=O)CC2c2ccc3c(-c4ccc(N5CCN(C)CC5)nc4)n[nH]c3c2)c1. The van der Waals surface area contributed by atoms with Gasteiger partial charge in [0.25, 0.3) is 0 Å². The molecular formula is C28H30N6O2. The van der Waals surface area contributed by atoms with Crippen molar-refractivity contribution in [3.8, 4) is 17.0 Å². The summed E-state index contributed by atoms with van der Waals surface area (Å²) in [5, 5.41) is 8.81. The molecule has 0 bridgehead atoms. The molecule has 2 aromatic carbocycles. The number of aromatic nitrogens is 3. The number of aldehydes is 1. The highest BCUT2D eigenvalue weighted by Gasteiger charge is 2.57. The number of aromatic amines is 1. The Labute approximate surface area is 210 Å². The van der Waals surface area contributed by atoms with Crippen LogP contribution in [0, 0.1) is 0 Å².